The Balaban J connectivity index is 1.37. The van der Waals surface area contributed by atoms with Crippen LogP contribution in [0.25, 0.3) is 0 Å². The quantitative estimate of drug-likeness (QED) is 0.492. The zero-order valence-electron chi connectivity index (χ0n) is 16.8. The minimum absolute atomic E-state index is 0.190. The van der Waals surface area contributed by atoms with Crippen LogP contribution in [0.5, 0.6) is 0 Å². The predicted octanol–water partition coefficient (Wildman–Crippen LogP) is 4.70. The lowest BCUT2D eigenvalue weighted by Gasteiger charge is -2.07. The second kappa shape index (κ2) is 8.55. The van der Waals surface area contributed by atoms with Crippen molar-refractivity contribution in [3.8, 4) is 0 Å². The van der Waals surface area contributed by atoms with Gasteiger partial charge in [0.1, 0.15) is 0 Å². The van der Waals surface area contributed by atoms with Crippen molar-refractivity contribution in [3.63, 3.8) is 0 Å². The number of hydrogen-bond donors (Lipinski definition) is 1. The van der Waals surface area contributed by atoms with E-state index in [9.17, 15) is 4.79 Å². The van der Waals surface area contributed by atoms with Crippen molar-refractivity contribution in [1.82, 2.24) is 19.6 Å². The molecule has 0 atom stereocenters. The highest BCUT2D eigenvalue weighted by Gasteiger charge is 2.09. The number of halogens is 1. The van der Waals surface area contributed by atoms with Gasteiger partial charge >= 0.3 is 0 Å². The van der Waals surface area contributed by atoms with Gasteiger partial charge in [0.05, 0.1) is 18.8 Å². The molecule has 0 aliphatic carbocycles. The van der Waals surface area contributed by atoms with Gasteiger partial charge < -0.3 is 5.32 Å². The summed E-state index contributed by atoms with van der Waals surface area (Å²) in [7, 11) is 0. The molecule has 0 spiro atoms. The lowest BCUT2D eigenvalue weighted by Crippen LogP contribution is -2.13. The normalized spacial score (nSPS) is 10.9. The molecule has 0 bridgehead atoms. The Labute approximate surface area is 180 Å². The molecule has 2 aromatic heterocycles. The summed E-state index contributed by atoms with van der Waals surface area (Å²) >= 11 is 5.92. The maximum atomic E-state index is 12.6. The van der Waals surface area contributed by atoms with Crippen molar-refractivity contribution in [3.05, 3.63) is 100.0 Å². The van der Waals surface area contributed by atoms with Crippen molar-refractivity contribution in [2.75, 3.05) is 5.32 Å². The molecule has 0 saturated heterocycles. The lowest BCUT2D eigenvalue weighted by atomic mass is 10.1. The summed E-state index contributed by atoms with van der Waals surface area (Å²) in [5.74, 6) is 0.324. The Morgan fingerprint density at radius 2 is 1.60 bits per heavy atom. The van der Waals surface area contributed by atoms with Crippen LogP contribution in [0, 0.1) is 13.8 Å². The van der Waals surface area contributed by atoms with E-state index in [1.54, 1.807) is 10.7 Å². The molecule has 7 heteroatoms. The summed E-state index contributed by atoms with van der Waals surface area (Å²) in [5.41, 5.74) is 4.87. The maximum Gasteiger partial charge on any atom is 0.256 e. The molecule has 4 rings (SSSR count). The number of hydrogen-bond acceptors (Lipinski definition) is 3. The van der Waals surface area contributed by atoms with Crippen LogP contribution in [0.2, 0.25) is 5.02 Å². The zero-order valence-corrected chi connectivity index (χ0v) is 17.6. The summed E-state index contributed by atoms with van der Waals surface area (Å²) in [6, 6.07) is 19.0. The lowest BCUT2D eigenvalue weighted by molar-refractivity contribution is 0.102. The van der Waals surface area contributed by atoms with E-state index in [-0.39, 0.29) is 5.91 Å². The van der Waals surface area contributed by atoms with Crippen LogP contribution in [0.1, 0.15) is 32.9 Å². The first-order chi connectivity index (χ1) is 14.5. The summed E-state index contributed by atoms with van der Waals surface area (Å²) < 4.78 is 3.73. The first-order valence-electron chi connectivity index (χ1n) is 9.65. The number of nitrogens with zero attached hydrogens (tertiary/aromatic N) is 4. The molecule has 2 aromatic carbocycles. The summed E-state index contributed by atoms with van der Waals surface area (Å²) in [4.78, 5) is 12.6. The Morgan fingerprint density at radius 1 is 0.933 bits per heavy atom. The average molecular weight is 420 g/mol. The topological polar surface area (TPSA) is 64.7 Å². The number of nitrogens with one attached hydrogen (secondary N) is 1. The van der Waals surface area contributed by atoms with Gasteiger partial charge in [0.2, 0.25) is 0 Å². The Morgan fingerprint density at radius 3 is 2.27 bits per heavy atom. The molecule has 152 valence electrons. The largest absolute Gasteiger partial charge is 0.305 e. The van der Waals surface area contributed by atoms with Gasteiger partial charge in [0.15, 0.2) is 5.82 Å². The SMILES string of the molecule is Cc1cc(C)n(Cc2ccc(C(=O)Nc3ccn(Cc4ccc(Cl)cc4)n3)cc2)n1. The standard InChI is InChI=1S/C23H22ClN5O/c1-16-13-17(2)29(26-16)15-19-3-7-20(8-4-19)23(30)25-22-11-12-28(27-22)14-18-5-9-21(24)10-6-18/h3-13H,14-15H2,1-2H3,(H,25,27,30). The third-order valence-electron chi connectivity index (χ3n) is 4.79. The molecule has 4 aromatic rings. The molecular weight excluding hydrogens is 398 g/mol. The molecule has 0 radical (unpaired) electrons. The number of aryl methyl sites for hydroxylation is 2. The Kier molecular flexibility index (Phi) is 5.68. The molecule has 0 aliphatic rings. The molecule has 0 fully saturated rings. The van der Waals surface area contributed by atoms with Crippen LogP contribution in [-0.4, -0.2) is 25.5 Å². The second-order valence-electron chi connectivity index (χ2n) is 7.26. The predicted molar refractivity (Wildman–Crippen MR) is 118 cm³/mol. The first kappa shape index (κ1) is 19.9. The first-order valence-corrected chi connectivity index (χ1v) is 10.0. The molecular formula is C23H22ClN5O. The fourth-order valence-electron chi connectivity index (χ4n) is 3.25. The van der Waals surface area contributed by atoms with Crippen LogP contribution >= 0.6 is 11.6 Å². The number of benzene rings is 2. The number of anilines is 1. The number of rotatable bonds is 6. The molecule has 6 nitrogen and oxygen atoms in total. The highest BCUT2D eigenvalue weighted by atomic mass is 35.5. The van der Waals surface area contributed by atoms with Crippen LogP contribution in [0.4, 0.5) is 5.82 Å². The minimum atomic E-state index is -0.190. The van der Waals surface area contributed by atoms with Crippen molar-refractivity contribution in [1.29, 1.82) is 0 Å². The maximum absolute atomic E-state index is 12.6. The van der Waals surface area contributed by atoms with Gasteiger partial charge in [-0.2, -0.15) is 10.2 Å². The molecule has 2 heterocycles. The van der Waals surface area contributed by atoms with E-state index in [0.29, 0.717) is 29.5 Å². The van der Waals surface area contributed by atoms with Gasteiger partial charge in [-0.3, -0.25) is 14.2 Å². The van der Waals surface area contributed by atoms with E-state index in [0.717, 1.165) is 22.5 Å². The van der Waals surface area contributed by atoms with Gasteiger partial charge in [-0.25, -0.2) is 0 Å². The number of carbonyl (C=O) groups excluding carboxylic acids is 1. The summed E-state index contributed by atoms with van der Waals surface area (Å²) in [6.45, 7) is 5.30. The second-order valence-corrected chi connectivity index (χ2v) is 7.70. The Hall–Kier alpha value is -3.38. The average Bonchev–Trinajstić information content (AvgIpc) is 3.29. The molecule has 0 saturated carbocycles. The third-order valence-corrected chi connectivity index (χ3v) is 5.04. The van der Waals surface area contributed by atoms with E-state index in [1.807, 2.05) is 79.3 Å². The van der Waals surface area contributed by atoms with Gasteiger partial charge in [0.25, 0.3) is 5.91 Å². The fourth-order valence-corrected chi connectivity index (χ4v) is 3.38. The van der Waals surface area contributed by atoms with Gasteiger partial charge in [-0.05, 0) is 55.3 Å². The molecule has 0 unspecified atom stereocenters. The van der Waals surface area contributed by atoms with E-state index in [2.05, 4.69) is 15.5 Å². The smallest absolute Gasteiger partial charge is 0.256 e. The third kappa shape index (κ3) is 4.78. The highest BCUT2D eigenvalue weighted by Crippen LogP contribution is 2.13. The van der Waals surface area contributed by atoms with E-state index in [4.69, 9.17) is 11.6 Å². The van der Waals surface area contributed by atoms with Gasteiger partial charge in [-0.15, -0.1) is 0 Å². The summed E-state index contributed by atoms with van der Waals surface area (Å²) in [5, 5.41) is 12.4. The fraction of sp³-hybridized carbons (Fsp3) is 0.174. The van der Waals surface area contributed by atoms with Gasteiger partial charge in [-0.1, -0.05) is 35.9 Å². The van der Waals surface area contributed by atoms with Crippen LogP contribution in [0.3, 0.4) is 0 Å². The van der Waals surface area contributed by atoms with Crippen LogP contribution in [-0.2, 0) is 13.1 Å². The molecule has 1 amide bonds. The van der Waals surface area contributed by atoms with Gasteiger partial charge in [0, 0.05) is 28.5 Å². The van der Waals surface area contributed by atoms with Crippen molar-refractivity contribution < 1.29 is 4.79 Å². The highest BCUT2D eigenvalue weighted by molar-refractivity contribution is 6.30. The summed E-state index contributed by atoms with van der Waals surface area (Å²) in [6.07, 6.45) is 1.84. The number of carbonyl (C=O) groups is 1. The van der Waals surface area contributed by atoms with E-state index < -0.39 is 0 Å². The number of aromatic nitrogens is 4. The Bertz CT molecular complexity index is 1160. The molecule has 0 aliphatic heterocycles. The monoisotopic (exact) mass is 419 g/mol. The van der Waals surface area contributed by atoms with Crippen molar-refractivity contribution in [2.45, 2.75) is 26.9 Å². The molecule has 30 heavy (non-hydrogen) atoms. The molecule has 1 N–H and O–H groups in total. The van der Waals surface area contributed by atoms with Crippen LogP contribution in [0.15, 0.2) is 66.9 Å². The van der Waals surface area contributed by atoms with Crippen molar-refractivity contribution in [2.24, 2.45) is 0 Å². The van der Waals surface area contributed by atoms with Crippen molar-refractivity contribution >= 4 is 23.3 Å². The van der Waals surface area contributed by atoms with E-state index >= 15 is 0 Å². The van der Waals surface area contributed by atoms with E-state index in [1.165, 1.54) is 0 Å². The van der Waals surface area contributed by atoms with Crippen LogP contribution < -0.4 is 5.32 Å². The minimum Gasteiger partial charge on any atom is -0.305 e. The number of amides is 1. The zero-order chi connectivity index (χ0) is 21.1.